The molecule has 0 radical (unpaired) electrons. The molecule has 0 amide bonds. The van der Waals surface area contributed by atoms with E-state index in [1.165, 1.54) is 43.5 Å². The Bertz CT molecular complexity index is 359. The van der Waals surface area contributed by atoms with E-state index < -0.39 is 0 Å². The number of rotatable bonds is 6. The molecule has 19 heavy (non-hydrogen) atoms. The summed E-state index contributed by atoms with van der Waals surface area (Å²) in [5.41, 5.74) is 2.49. The predicted molar refractivity (Wildman–Crippen MR) is 83.6 cm³/mol. The standard InChI is InChI=1S/C16H28N2S/c1-4-7-17-10-13-5-6-16(2,3)9-14(13)8-15-11-18-12-19-15/h11-14,17H,4-10H2,1-3H3. The van der Waals surface area contributed by atoms with Gasteiger partial charge in [-0.15, -0.1) is 11.3 Å². The van der Waals surface area contributed by atoms with Crippen molar-refractivity contribution in [1.82, 2.24) is 10.3 Å². The minimum atomic E-state index is 0.524. The molecule has 2 unspecified atom stereocenters. The fourth-order valence-corrected chi connectivity index (χ4v) is 4.05. The van der Waals surface area contributed by atoms with Crippen molar-refractivity contribution in [3.63, 3.8) is 0 Å². The van der Waals surface area contributed by atoms with Crippen molar-refractivity contribution >= 4 is 11.3 Å². The van der Waals surface area contributed by atoms with Gasteiger partial charge in [0.2, 0.25) is 0 Å². The molecule has 0 bridgehead atoms. The average Bonchev–Trinajstić information content (AvgIpc) is 2.84. The molecule has 1 saturated carbocycles. The lowest BCUT2D eigenvalue weighted by molar-refractivity contribution is 0.116. The quantitative estimate of drug-likeness (QED) is 0.793. The smallest absolute Gasteiger partial charge is 0.0794 e. The molecule has 0 aromatic carbocycles. The molecule has 1 heterocycles. The minimum Gasteiger partial charge on any atom is -0.316 e. The first-order valence-electron chi connectivity index (χ1n) is 7.69. The van der Waals surface area contributed by atoms with Crippen LogP contribution in [0.4, 0.5) is 0 Å². The summed E-state index contributed by atoms with van der Waals surface area (Å²) >= 11 is 1.82. The van der Waals surface area contributed by atoms with Crippen molar-refractivity contribution in [2.24, 2.45) is 17.3 Å². The lowest BCUT2D eigenvalue weighted by atomic mass is 9.66. The summed E-state index contributed by atoms with van der Waals surface area (Å²) in [7, 11) is 0. The molecule has 1 fully saturated rings. The van der Waals surface area contributed by atoms with Crippen molar-refractivity contribution < 1.29 is 0 Å². The Hall–Kier alpha value is -0.410. The van der Waals surface area contributed by atoms with E-state index in [0.29, 0.717) is 5.41 Å². The zero-order valence-electron chi connectivity index (χ0n) is 12.6. The molecule has 0 aliphatic heterocycles. The van der Waals surface area contributed by atoms with Gasteiger partial charge in [-0.25, -0.2) is 0 Å². The van der Waals surface area contributed by atoms with E-state index in [4.69, 9.17) is 0 Å². The molecule has 2 nitrogen and oxygen atoms in total. The highest BCUT2D eigenvalue weighted by molar-refractivity contribution is 7.09. The van der Waals surface area contributed by atoms with E-state index in [1.807, 2.05) is 16.8 Å². The summed E-state index contributed by atoms with van der Waals surface area (Å²) in [6, 6.07) is 0. The van der Waals surface area contributed by atoms with Gasteiger partial charge >= 0.3 is 0 Å². The first-order valence-corrected chi connectivity index (χ1v) is 8.57. The largest absolute Gasteiger partial charge is 0.316 e. The predicted octanol–water partition coefficient (Wildman–Crippen LogP) is 4.13. The lowest BCUT2D eigenvalue weighted by Gasteiger charge is -2.41. The van der Waals surface area contributed by atoms with Gasteiger partial charge in [-0.3, -0.25) is 4.98 Å². The van der Waals surface area contributed by atoms with Crippen molar-refractivity contribution in [2.75, 3.05) is 13.1 Å². The van der Waals surface area contributed by atoms with Gasteiger partial charge in [-0.1, -0.05) is 20.8 Å². The first kappa shape index (κ1) is 15.0. The zero-order valence-corrected chi connectivity index (χ0v) is 13.4. The monoisotopic (exact) mass is 280 g/mol. The van der Waals surface area contributed by atoms with Crippen LogP contribution < -0.4 is 5.32 Å². The number of aromatic nitrogens is 1. The van der Waals surface area contributed by atoms with Crippen LogP contribution >= 0.6 is 11.3 Å². The fraction of sp³-hybridized carbons (Fsp3) is 0.812. The second kappa shape index (κ2) is 6.85. The van der Waals surface area contributed by atoms with Crippen LogP contribution in [0.25, 0.3) is 0 Å². The van der Waals surface area contributed by atoms with Crippen LogP contribution in [0.3, 0.4) is 0 Å². The van der Waals surface area contributed by atoms with Crippen molar-refractivity contribution in [3.05, 3.63) is 16.6 Å². The number of thiazole rings is 1. The second-order valence-corrected chi connectivity index (χ2v) is 7.77. The van der Waals surface area contributed by atoms with E-state index >= 15 is 0 Å². The van der Waals surface area contributed by atoms with Gasteiger partial charge in [0.15, 0.2) is 0 Å². The third kappa shape index (κ3) is 4.57. The van der Waals surface area contributed by atoms with Gasteiger partial charge in [0.25, 0.3) is 0 Å². The van der Waals surface area contributed by atoms with Crippen LogP contribution in [-0.4, -0.2) is 18.1 Å². The average molecular weight is 280 g/mol. The van der Waals surface area contributed by atoms with E-state index in [2.05, 4.69) is 37.3 Å². The molecule has 1 aliphatic carbocycles. The van der Waals surface area contributed by atoms with Gasteiger partial charge in [0, 0.05) is 11.1 Å². The van der Waals surface area contributed by atoms with Gasteiger partial charge in [0.1, 0.15) is 0 Å². The van der Waals surface area contributed by atoms with Crippen LogP contribution in [0.2, 0.25) is 0 Å². The topological polar surface area (TPSA) is 24.9 Å². The van der Waals surface area contributed by atoms with E-state index in [1.54, 1.807) is 0 Å². The van der Waals surface area contributed by atoms with Crippen LogP contribution in [0.15, 0.2) is 11.7 Å². The normalized spacial score (nSPS) is 26.5. The van der Waals surface area contributed by atoms with Gasteiger partial charge in [-0.2, -0.15) is 0 Å². The summed E-state index contributed by atoms with van der Waals surface area (Å²) in [6.07, 6.45) is 8.65. The Balaban J connectivity index is 1.95. The summed E-state index contributed by atoms with van der Waals surface area (Å²) in [5.74, 6) is 1.68. The summed E-state index contributed by atoms with van der Waals surface area (Å²) < 4.78 is 0. The fourth-order valence-electron chi connectivity index (χ4n) is 3.36. The summed E-state index contributed by atoms with van der Waals surface area (Å²) in [6.45, 7) is 9.47. The first-order chi connectivity index (χ1) is 9.11. The SMILES string of the molecule is CCCNCC1CCC(C)(C)CC1Cc1cncs1. The third-order valence-electron chi connectivity index (χ3n) is 4.45. The van der Waals surface area contributed by atoms with Crippen molar-refractivity contribution in [3.8, 4) is 0 Å². The van der Waals surface area contributed by atoms with Crippen LogP contribution in [0.1, 0.15) is 51.3 Å². The highest BCUT2D eigenvalue weighted by atomic mass is 32.1. The molecular weight excluding hydrogens is 252 g/mol. The number of nitrogens with one attached hydrogen (secondary N) is 1. The van der Waals surface area contributed by atoms with E-state index in [0.717, 1.165) is 18.4 Å². The van der Waals surface area contributed by atoms with E-state index in [-0.39, 0.29) is 0 Å². The molecule has 0 saturated heterocycles. The van der Waals surface area contributed by atoms with Gasteiger partial charge in [-0.05, 0) is 62.4 Å². The number of nitrogens with zero attached hydrogens (tertiary/aromatic N) is 1. The third-order valence-corrected chi connectivity index (χ3v) is 5.26. The van der Waals surface area contributed by atoms with E-state index in [9.17, 15) is 0 Å². The summed E-state index contributed by atoms with van der Waals surface area (Å²) in [4.78, 5) is 5.69. The maximum absolute atomic E-state index is 4.23. The van der Waals surface area contributed by atoms with Crippen LogP contribution in [-0.2, 0) is 6.42 Å². The second-order valence-electron chi connectivity index (χ2n) is 6.80. The highest BCUT2D eigenvalue weighted by Crippen LogP contribution is 2.43. The number of hydrogen-bond acceptors (Lipinski definition) is 3. The Morgan fingerprint density at radius 1 is 1.42 bits per heavy atom. The Labute approximate surface area is 122 Å². The molecule has 3 heteroatoms. The molecule has 1 aromatic rings. The molecule has 2 atom stereocenters. The van der Waals surface area contributed by atoms with Crippen LogP contribution in [0.5, 0.6) is 0 Å². The Morgan fingerprint density at radius 2 is 2.26 bits per heavy atom. The van der Waals surface area contributed by atoms with Crippen molar-refractivity contribution in [1.29, 1.82) is 0 Å². The number of hydrogen-bond donors (Lipinski definition) is 1. The zero-order chi connectivity index (χ0) is 13.7. The highest BCUT2D eigenvalue weighted by Gasteiger charge is 2.34. The Kier molecular flexibility index (Phi) is 5.40. The Morgan fingerprint density at radius 3 is 2.95 bits per heavy atom. The molecule has 1 aromatic heterocycles. The van der Waals surface area contributed by atoms with Crippen LogP contribution in [0, 0.1) is 17.3 Å². The lowest BCUT2D eigenvalue weighted by Crippen LogP contribution is -2.37. The summed E-state index contributed by atoms with van der Waals surface area (Å²) in [5, 5.41) is 3.63. The maximum Gasteiger partial charge on any atom is 0.0794 e. The molecule has 2 rings (SSSR count). The van der Waals surface area contributed by atoms with Gasteiger partial charge in [0.05, 0.1) is 5.51 Å². The molecule has 1 N–H and O–H groups in total. The molecule has 1 aliphatic rings. The minimum absolute atomic E-state index is 0.524. The van der Waals surface area contributed by atoms with Crippen molar-refractivity contribution in [2.45, 2.75) is 52.9 Å². The molecule has 0 spiro atoms. The molecular formula is C16H28N2S. The molecule has 108 valence electrons. The van der Waals surface area contributed by atoms with Gasteiger partial charge < -0.3 is 5.32 Å². The maximum atomic E-state index is 4.23.